The number of rotatable bonds is 15. The van der Waals surface area contributed by atoms with Gasteiger partial charge in [-0.2, -0.15) is 13.5 Å². The van der Waals surface area contributed by atoms with Crippen LogP contribution in [0.25, 0.3) is 10.8 Å². The molecule has 2 saturated heterocycles. The molecular formula is C41H57N8O14S2+. The standard InChI is InChI=1S/C41H56N8O14S2/c1-38(2,3)59-34(52)28(21-58-26-14-13-24-16-29(47(12)20-25(24)15-26)42-17-23-18-48(19-23)37(54)61-40(7,8)9)62-46-30(27-22-64-35(43-27)45-36(53)60-39(4,5)6)32(50)44-31-33(51)49(41(31,10)11)63-65(55,56)57/h13-16,20,22-23,28,31H,17-19,21H2,1-12H3,(H3,43,44,45,50,53,55,56,57)/p+1/b46-30-/t28?,31-/m1/s1. The first-order valence-corrected chi connectivity index (χ1v) is 22.6. The van der Waals surface area contributed by atoms with Crippen LogP contribution in [-0.4, -0.2) is 124 Å². The van der Waals surface area contributed by atoms with Crippen molar-refractivity contribution in [3.05, 3.63) is 41.5 Å². The molecule has 1 unspecified atom stereocenters. The van der Waals surface area contributed by atoms with Crippen LogP contribution < -0.4 is 25.3 Å². The van der Waals surface area contributed by atoms with Crippen molar-refractivity contribution in [1.82, 2.24) is 20.3 Å². The molecule has 0 bridgehead atoms. The summed E-state index contributed by atoms with van der Waals surface area (Å²) in [5.41, 5.74) is -4.60. The Bertz CT molecular complexity index is 2450. The van der Waals surface area contributed by atoms with Crippen LogP contribution in [0.5, 0.6) is 5.75 Å². The van der Waals surface area contributed by atoms with E-state index in [4.69, 9.17) is 28.3 Å². The van der Waals surface area contributed by atoms with E-state index in [0.717, 1.165) is 27.9 Å². The number of likely N-dealkylation sites (tertiary alicyclic amines) is 1. The van der Waals surface area contributed by atoms with E-state index in [1.54, 1.807) is 58.6 Å². The maximum Gasteiger partial charge on any atom is 0.418 e. The predicted octanol–water partition coefficient (Wildman–Crippen LogP) is 4.10. The van der Waals surface area contributed by atoms with E-state index in [2.05, 4.69) is 30.4 Å². The average molecular weight is 950 g/mol. The summed E-state index contributed by atoms with van der Waals surface area (Å²) >= 11 is 0.896. The van der Waals surface area contributed by atoms with Gasteiger partial charge in [-0.1, -0.05) is 11.2 Å². The molecule has 4 amide bonds. The third-order valence-corrected chi connectivity index (χ3v) is 10.4. The molecule has 4 N–H and O–H groups in total. The van der Waals surface area contributed by atoms with Crippen molar-refractivity contribution >= 4 is 79.1 Å². The van der Waals surface area contributed by atoms with E-state index in [1.807, 2.05) is 50.7 Å². The van der Waals surface area contributed by atoms with Gasteiger partial charge in [0.15, 0.2) is 10.8 Å². The highest BCUT2D eigenvalue weighted by Crippen LogP contribution is 2.33. The molecule has 4 heterocycles. The lowest BCUT2D eigenvalue weighted by Crippen LogP contribution is -2.76. The summed E-state index contributed by atoms with van der Waals surface area (Å²) in [6, 6.07) is 5.88. The average Bonchev–Trinajstić information content (AvgIpc) is 3.58. The van der Waals surface area contributed by atoms with E-state index < -0.39 is 81.1 Å². The predicted molar refractivity (Wildman–Crippen MR) is 235 cm³/mol. The highest BCUT2D eigenvalue weighted by atomic mass is 32.3. The number of β-lactam (4-membered cyclic amide) rings is 1. The number of nitrogens with one attached hydrogen (secondary N) is 3. The minimum atomic E-state index is -5.09. The number of carbonyl (C=O) groups is 5. The molecule has 0 spiro atoms. The fourth-order valence-corrected chi connectivity index (χ4v) is 7.40. The molecule has 2 aliphatic rings. The Kier molecular flexibility index (Phi) is 14.6. The number of fused-ring (bicyclic) bond motifs is 1. The number of ether oxygens (including phenoxy) is 4. The largest absolute Gasteiger partial charge is 0.489 e. The smallest absolute Gasteiger partial charge is 0.418 e. The first kappa shape index (κ1) is 50.2. The number of pyridine rings is 1. The first-order valence-electron chi connectivity index (χ1n) is 20.4. The van der Waals surface area contributed by atoms with Crippen molar-refractivity contribution in [3.8, 4) is 5.75 Å². The number of benzene rings is 1. The van der Waals surface area contributed by atoms with Crippen molar-refractivity contribution in [2.24, 2.45) is 18.1 Å². The SMILES string of the molecule is C[n+]1cc2cc(OCC(O/N=C(\C(=O)N[C@@H]3C(=O)N(OS(=O)(=O)O)C3(C)C)c3csc(NC(=O)OC(C)(C)C)n3)C(=O)OC(C)(C)C)ccc2cc1NCC1CN(C(=O)OC(C)(C)C)C1. The molecule has 2 aliphatic heterocycles. The second-order valence-corrected chi connectivity index (χ2v) is 20.8. The number of nitrogens with zero attached hydrogens (tertiary/aromatic N) is 5. The van der Waals surface area contributed by atoms with Crippen LogP contribution in [0.15, 0.2) is 41.0 Å². The zero-order chi connectivity index (χ0) is 48.4. The van der Waals surface area contributed by atoms with Crippen LogP contribution in [0.1, 0.15) is 81.9 Å². The Labute approximate surface area is 380 Å². The molecule has 0 saturated carbocycles. The normalized spacial score (nSPS) is 17.3. The number of aromatic nitrogens is 2. The van der Waals surface area contributed by atoms with Gasteiger partial charge in [-0.15, -0.1) is 15.6 Å². The van der Waals surface area contributed by atoms with Gasteiger partial charge in [-0.3, -0.25) is 24.8 Å². The number of hydrogen-bond acceptors (Lipinski definition) is 17. The second kappa shape index (κ2) is 18.9. The lowest BCUT2D eigenvalue weighted by molar-refractivity contribution is -0.655. The van der Waals surface area contributed by atoms with Gasteiger partial charge in [0.1, 0.15) is 40.9 Å². The number of aryl methyl sites for hydroxylation is 1. The summed E-state index contributed by atoms with van der Waals surface area (Å²) in [5, 5.41) is 15.8. The Morgan fingerprint density at radius 3 is 2.23 bits per heavy atom. The lowest BCUT2D eigenvalue weighted by Gasteiger charge is -2.50. The lowest BCUT2D eigenvalue weighted by atomic mass is 9.84. The van der Waals surface area contributed by atoms with E-state index in [1.165, 1.54) is 19.2 Å². The minimum Gasteiger partial charge on any atom is -0.489 e. The summed E-state index contributed by atoms with van der Waals surface area (Å²) in [4.78, 5) is 76.8. The minimum absolute atomic E-state index is 0.00726. The number of amides is 4. The van der Waals surface area contributed by atoms with Gasteiger partial charge in [0.05, 0.1) is 25.3 Å². The fraction of sp³-hybridized carbons (Fsp3) is 0.561. The van der Waals surface area contributed by atoms with Crippen LogP contribution in [0.3, 0.4) is 0 Å². The van der Waals surface area contributed by atoms with E-state index in [9.17, 15) is 32.4 Å². The van der Waals surface area contributed by atoms with Gasteiger partial charge in [0.2, 0.25) is 0 Å². The van der Waals surface area contributed by atoms with Crippen LogP contribution in [-0.2, 0) is 55.2 Å². The molecular weight excluding hydrogens is 893 g/mol. The molecule has 2 fully saturated rings. The van der Waals surface area contributed by atoms with Crippen molar-refractivity contribution < 1.29 is 69.6 Å². The summed E-state index contributed by atoms with van der Waals surface area (Å²) in [6.45, 7) is 19.5. The highest BCUT2D eigenvalue weighted by molar-refractivity contribution is 7.80. The molecule has 65 heavy (non-hydrogen) atoms. The highest BCUT2D eigenvalue weighted by Gasteiger charge is 2.58. The molecule has 5 rings (SSSR count). The third kappa shape index (κ3) is 13.8. The zero-order valence-electron chi connectivity index (χ0n) is 38.3. The molecule has 1 aromatic carbocycles. The number of thiazole rings is 1. The number of hydroxylamine groups is 2. The Hall–Kier alpha value is -5.85. The maximum absolute atomic E-state index is 13.9. The number of carbonyl (C=O) groups excluding carboxylic acids is 5. The monoisotopic (exact) mass is 949 g/mol. The van der Waals surface area contributed by atoms with Crippen molar-refractivity contribution in [2.75, 3.05) is 36.9 Å². The van der Waals surface area contributed by atoms with Crippen molar-refractivity contribution in [2.45, 2.75) is 111 Å². The number of anilines is 2. The first-order chi connectivity index (χ1) is 29.9. The number of oxime groups is 1. The van der Waals surface area contributed by atoms with Gasteiger partial charge in [0.25, 0.3) is 23.7 Å². The second-order valence-electron chi connectivity index (χ2n) is 18.9. The molecule has 2 aromatic heterocycles. The van der Waals surface area contributed by atoms with Gasteiger partial charge in [0, 0.05) is 35.8 Å². The van der Waals surface area contributed by atoms with Crippen molar-refractivity contribution in [3.63, 3.8) is 0 Å². The van der Waals surface area contributed by atoms with Crippen LogP contribution >= 0.6 is 11.3 Å². The number of esters is 1. The summed E-state index contributed by atoms with van der Waals surface area (Å²) in [7, 11) is -3.21. The van der Waals surface area contributed by atoms with Gasteiger partial charge >= 0.3 is 28.6 Å². The van der Waals surface area contributed by atoms with Gasteiger partial charge in [-0.05, 0) is 93.7 Å². The van der Waals surface area contributed by atoms with E-state index in [-0.39, 0.29) is 22.8 Å². The Morgan fingerprint density at radius 1 is 0.985 bits per heavy atom. The molecule has 22 nitrogen and oxygen atoms in total. The molecule has 2 atom stereocenters. The fourth-order valence-electron chi connectivity index (χ4n) is 6.26. The molecule has 356 valence electrons. The topological polar surface area (TPSA) is 267 Å². The Morgan fingerprint density at radius 2 is 1.63 bits per heavy atom. The maximum atomic E-state index is 13.9. The molecule has 0 aliphatic carbocycles. The summed E-state index contributed by atoms with van der Waals surface area (Å²) in [5.74, 6) is -1.53. The quantitative estimate of drug-likeness (QED) is 0.0318. The van der Waals surface area contributed by atoms with Crippen LogP contribution in [0.2, 0.25) is 0 Å². The molecule has 3 aromatic rings. The Balaban J connectivity index is 1.34. The van der Waals surface area contributed by atoms with E-state index >= 15 is 0 Å². The van der Waals surface area contributed by atoms with E-state index in [0.29, 0.717) is 30.4 Å². The third-order valence-electron chi connectivity index (χ3n) is 9.28. The zero-order valence-corrected chi connectivity index (χ0v) is 40.0. The molecule has 0 radical (unpaired) electrons. The molecule has 24 heteroatoms. The number of hydrogen-bond donors (Lipinski definition) is 4. The van der Waals surface area contributed by atoms with Gasteiger partial charge < -0.3 is 34.0 Å². The van der Waals surface area contributed by atoms with Crippen LogP contribution in [0, 0.1) is 5.92 Å². The summed E-state index contributed by atoms with van der Waals surface area (Å²) < 4.78 is 60.6. The van der Waals surface area contributed by atoms with Gasteiger partial charge in [-0.25, -0.2) is 23.9 Å². The van der Waals surface area contributed by atoms with Crippen LogP contribution in [0.4, 0.5) is 20.5 Å². The summed E-state index contributed by atoms with van der Waals surface area (Å²) in [6.07, 6.45) is -0.838. The van der Waals surface area contributed by atoms with Crippen molar-refractivity contribution in [1.29, 1.82) is 0 Å².